The molecule has 9 heteroatoms. The molecule has 2 aromatic rings. The number of hydrogen-bond donors (Lipinski definition) is 1. The van der Waals surface area contributed by atoms with E-state index in [2.05, 4.69) is 11.4 Å². The molecule has 1 aliphatic carbocycles. The first-order chi connectivity index (χ1) is 16.7. The van der Waals surface area contributed by atoms with Crippen LogP contribution in [0.15, 0.2) is 42.5 Å². The highest BCUT2D eigenvalue weighted by atomic mass is 35.5. The predicted octanol–water partition coefficient (Wildman–Crippen LogP) is 4.78. The van der Waals surface area contributed by atoms with E-state index >= 15 is 0 Å². The molecule has 0 aromatic heterocycles. The van der Waals surface area contributed by atoms with Gasteiger partial charge in [0.1, 0.15) is 12.4 Å². The summed E-state index contributed by atoms with van der Waals surface area (Å²) >= 11 is 6.07. The smallest absolute Gasteiger partial charge is 0.407 e. The molecule has 0 aliphatic heterocycles. The van der Waals surface area contributed by atoms with Gasteiger partial charge in [-0.1, -0.05) is 36.7 Å². The van der Waals surface area contributed by atoms with Crippen LogP contribution in [0.2, 0.25) is 5.02 Å². The number of hydrogen-bond acceptors (Lipinski definition) is 5. The molecule has 192 valence electrons. The highest BCUT2D eigenvalue weighted by molar-refractivity contribution is 7.89. The molecule has 0 heterocycles. The summed E-state index contributed by atoms with van der Waals surface area (Å²) in [6.07, 6.45) is 2.54. The minimum Gasteiger partial charge on any atom is -0.492 e. The quantitative estimate of drug-likeness (QED) is 0.459. The van der Waals surface area contributed by atoms with Crippen molar-refractivity contribution in [2.45, 2.75) is 51.5 Å². The summed E-state index contributed by atoms with van der Waals surface area (Å²) in [4.78, 5) is 12.2. The van der Waals surface area contributed by atoms with Gasteiger partial charge in [-0.05, 0) is 73.6 Å². The Balaban J connectivity index is 1.78. The maximum absolute atomic E-state index is 12.2. The lowest BCUT2D eigenvalue weighted by atomic mass is 9.76. The number of carbonyl (C=O) groups is 1. The third kappa shape index (κ3) is 7.59. The molecule has 3 rings (SSSR count). The molecule has 2 aromatic carbocycles. The van der Waals surface area contributed by atoms with Crippen LogP contribution in [0.4, 0.5) is 4.79 Å². The number of fused-ring (bicyclic) bond motifs is 1. The van der Waals surface area contributed by atoms with Crippen molar-refractivity contribution in [1.29, 1.82) is 0 Å². The third-order valence-electron chi connectivity index (χ3n) is 6.29. The Morgan fingerprint density at radius 3 is 2.60 bits per heavy atom. The summed E-state index contributed by atoms with van der Waals surface area (Å²) in [5.74, 6) is 0.840. The number of carbonyl (C=O) groups excluding carboxylic acids is 1. The van der Waals surface area contributed by atoms with Crippen LogP contribution in [-0.2, 0) is 27.6 Å². The molecule has 0 spiro atoms. The van der Waals surface area contributed by atoms with Gasteiger partial charge in [-0.2, -0.15) is 0 Å². The molecule has 2 unspecified atom stereocenters. The molecule has 1 N–H and O–H groups in total. The molecule has 7 nitrogen and oxygen atoms in total. The topological polar surface area (TPSA) is 84.9 Å². The van der Waals surface area contributed by atoms with E-state index in [1.165, 1.54) is 9.87 Å². The average Bonchev–Trinajstić information content (AvgIpc) is 2.82. The number of benzene rings is 2. The SMILES string of the molecule is CCCS(=O)(=O)N(C)CCOc1ccc2c(c1)C(Cc1ccc(Cl)cc1)C(NC(=O)OCC)CC2. The molecule has 0 fully saturated rings. The maximum Gasteiger partial charge on any atom is 0.407 e. The molecule has 35 heavy (non-hydrogen) atoms. The normalized spacial score (nSPS) is 17.6. The highest BCUT2D eigenvalue weighted by Crippen LogP contribution is 2.37. The average molecular weight is 523 g/mol. The minimum atomic E-state index is -3.26. The molecular weight excluding hydrogens is 488 g/mol. The van der Waals surface area contributed by atoms with E-state index in [1.54, 1.807) is 14.0 Å². The van der Waals surface area contributed by atoms with Gasteiger partial charge in [-0.3, -0.25) is 0 Å². The Labute approximate surface area is 213 Å². The van der Waals surface area contributed by atoms with Crippen LogP contribution in [0.1, 0.15) is 49.3 Å². The Kier molecular flexibility index (Phi) is 9.83. The lowest BCUT2D eigenvalue weighted by Crippen LogP contribution is -2.43. The van der Waals surface area contributed by atoms with Crippen LogP contribution in [-0.4, -0.2) is 57.4 Å². The zero-order valence-electron chi connectivity index (χ0n) is 20.6. The Morgan fingerprint density at radius 1 is 1.17 bits per heavy atom. The van der Waals surface area contributed by atoms with Gasteiger partial charge in [0, 0.05) is 30.6 Å². The number of sulfonamides is 1. The molecular formula is C26H35ClN2O5S. The van der Waals surface area contributed by atoms with Crippen LogP contribution in [0, 0.1) is 0 Å². The number of nitrogens with one attached hydrogen (secondary N) is 1. The van der Waals surface area contributed by atoms with Crippen molar-refractivity contribution in [3.63, 3.8) is 0 Å². The number of aryl methyl sites for hydroxylation is 1. The molecule has 1 amide bonds. The molecule has 2 atom stereocenters. The summed E-state index contributed by atoms with van der Waals surface area (Å²) in [7, 11) is -1.68. The van der Waals surface area contributed by atoms with Crippen LogP contribution >= 0.6 is 11.6 Å². The Hall–Kier alpha value is -2.29. The van der Waals surface area contributed by atoms with Crippen molar-refractivity contribution in [3.05, 3.63) is 64.2 Å². The zero-order chi connectivity index (χ0) is 25.4. The van der Waals surface area contributed by atoms with E-state index in [9.17, 15) is 13.2 Å². The fourth-order valence-electron chi connectivity index (χ4n) is 4.43. The second-order valence-corrected chi connectivity index (χ2v) is 11.4. The van der Waals surface area contributed by atoms with Crippen molar-refractivity contribution in [3.8, 4) is 5.75 Å². The lowest BCUT2D eigenvalue weighted by Gasteiger charge is -2.34. The second kappa shape index (κ2) is 12.6. The van der Waals surface area contributed by atoms with Crippen LogP contribution in [0.5, 0.6) is 5.75 Å². The fourth-order valence-corrected chi connectivity index (χ4v) is 5.74. The van der Waals surface area contributed by atoms with Crippen molar-refractivity contribution in [2.24, 2.45) is 0 Å². The van der Waals surface area contributed by atoms with Gasteiger partial charge in [0.25, 0.3) is 0 Å². The Morgan fingerprint density at radius 2 is 1.91 bits per heavy atom. The van der Waals surface area contributed by atoms with Crippen molar-refractivity contribution >= 4 is 27.7 Å². The predicted molar refractivity (Wildman–Crippen MR) is 139 cm³/mol. The number of amides is 1. The fraction of sp³-hybridized carbons (Fsp3) is 0.500. The van der Waals surface area contributed by atoms with Gasteiger partial charge >= 0.3 is 6.09 Å². The van der Waals surface area contributed by atoms with Crippen LogP contribution in [0.3, 0.4) is 0 Å². The van der Waals surface area contributed by atoms with Crippen molar-refractivity contribution in [1.82, 2.24) is 9.62 Å². The summed E-state index contributed by atoms with van der Waals surface area (Å²) in [6.45, 7) is 4.48. The van der Waals surface area contributed by atoms with Crippen LogP contribution < -0.4 is 10.1 Å². The van der Waals surface area contributed by atoms with Crippen molar-refractivity contribution < 1.29 is 22.7 Å². The monoisotopic (exact) mass is 522 g/mol. The van der Waals surface area contributed by atoms with Gasteiger partial charge in [0.15, 0.2) is 0 Å². The first-order valence-corrected chi connectivity index (χ1v) is 14.1. The van der Waals surface area contributed by atoms with Gasteiger partial charge in [0.2, 0.25) is 10.0 Å². The molecule has 0 saturated carbocycles. The van der Waals surface area contributed by atoms with E-state index in [-0.39, 0.29) is 30.9 Å². The minimum absolute atomic E-state index is 0.0282. The van der Waals surface area contributed by atoms with Gasteiger partial charge in [-0.25, -0.2) is 17.5 Å². The number of halogens is 1. The summed E-state index contributed by atoms with van der Waals surface area (Å²) in [5.41, 5.74) is 3.47. The van der Waals surface area contributed by atoms with E-state index in [0.29, 0.717) is 23.8 Å². The number of nitrogens with zero attached hydrogens (tertiary/aromatic N) is 1. The summed E-state index contributed by atoms with van der Waals surface area (Å²) in [5, 5.41) is 3.73. The van der Waals surface area contributed by atoms with E-state index < -0.39 is 16.1 Å². The van der Waals surface area contributed by atoms with Gasteiger partial charge in [0.05, 0.1) is 12.4 Å². The van der Waals surface area contributed by atoms with Crippen molar-refractivity contribution in [2.75, 3.05) is 32.6 Å². The first kappa shape index (κ1) is 27.3. The van der Waals surface area contributed by atoms with Gasteiger partial charge in [-0.15, -0.1) is 0 Å². The number of rotatable bonds is 11. The Bertz CT molecular complexity index is 1090. The van der Waals surface area contributed by atoms with E-state index in [0.717, 1.165) is 30.4 Å². The van der Waals surface area contributed by atoms with Crippen LogP contribution in [0.25, 0.3) is 0 Å². The molecule has 0 radical (unpaired) electrons. The lowest BCUT2D eigenvalue weighted by molar-refractivity contribution is 0.144. The number of likely N-dealkylation sites (N-methyl/N-ethyl adjacent to an activating group) is 1. The summed E-state index contributed by atoms with van der Waals surface area (Å²) in [6, 6.07) is 13.7. The first-order valence-electron chi connectivity index (χ1n) is 12.1. The van der Waals surface area contributed by atoms with E-state index in [1.807, 2.05) is 43.3 Å². The zero-order valence-corrected chi connectivity index (χ0v) is 22.2. The maximum atomic E-state index is 12.2. The van der Waals surface area contributed by atoms with Gasteiger partial charge < -0.3 is 14.8 Å². The molecule has 0 saturated heterocycles. The largest absolute Gasteiger partial charge is 0.492 e. The van der Waals surface area contributed by atoms with E-state index in [4.69, 9.17) is 21.1 Å². The number of alkyl carbamates (subject to hydrolysis) is 1. The second-order valence-electron chi connectivity index (χ2n) is 8.79. The summed E-state index contributed by atoms with van der Waals surface area (Å²) < 4.78 is 36.8. The molecule has 1 aliphatic rings. The molecule has 0 bridgehead atoms. The number of ether oxygens (including phenoxy) is 2. The highest BCUT2D eigenvalue weighted by Gasteiger charge is 2.31. The standard InChI is InChI=1S/C26H35ClN2O5S/c1-4-16-35(31,32)29(3)14-15-34-22-12-8-20-9-13-25(28-26(30)33-5-2)24(23(20)18-22)17-19-6-10-21(27)11-7-19/h6-8,10-12,18,24-25H,4-5,9,13-17H2,1-3H3,(H,28,30). The third-order valence-corrected chi connectivity index (χ3v) is 8.60.